The summed E-state index contributed by atoms with van der Waals surface area (Å²) in [5.74, 6) is 0.788. The Balaban J connectivity index is 1.80. The molecule has 0 spiro atoms. The van der Waals surface area contributed by atoms with Crippen LogP contribution in [0.3, 0.4) is 0 Å². The summed E-state index contributed by atoms with van der Waals surface area (Å²) >= 11 is 3.47. The molecule has 1 aromatic rings. The molecule has 0 radical (unpaired) electrons. The van der Waals surface area contributed by atoms with E-state index in [9.17, 15) is 0 Å². The molecule has 2 N–H and O–H groups in total. The standard InChI is InChI=1S/C17H27BrN2/c1-13(2)9-11-20(16-7-8-16)12-10-17(19)14-3-5-15(18)6-4-14/h3-6,13,16-17H,7-12,19H2,1-2H3. The van der Waals surface area contributed by atoms with Gasteiger partial charge in [0.2, 0.25) is 0 Å². The minimum Gasteiger partial charge on any atom is -0.324 e. The van der Waals surface area contributed by atoms with Crippen LogP contribution in [0.1, 0.15) is 51.1 Å². The number of rotatable bonds is 8. The monoisotopic (exact) mass is 338 g/mol. The highest BCUT2D eigenvalue weighted by Gasteiger charge is 2.28. The normalized spacial score (nSPS) is 16.9. The molecule has 112 valence electrons. The summed E-state index contributed by atoms with van der Waals surface area (Å²) in [4.78, 5) is 2.65. The van der Waals surface area contributed by atoms with Gasteiger partial charge in [0.1, 0.15) is 0 Å². The van der Waals surface area contributed by atoms with E-state index in [0.717, 1.165) is 29.4 Å². The second-order valence-electron chi connectivity index (χ2n) is 6.40. The zero-order chi connectivity index (χ0) is 14.5. The third kappa shape index (κ3) is 5.19. The lowest BCUT2D eigenvalue weighted by molar-refractivity contribution is 0.239. The van der Waals surface area contributed by atoms with E-state index in [0.29, 0.717) is 0 Å². The van der Waals surface area contributed by atoms with Gasteiger partial charge in [-0.3, -0.25) is 0 Å². The molecular weight excluding hydrogens is 312 g/mol. The van der Waals surface area contributed by atoms with Crippen LogP contribution in [-0.4, -0.2) is 24.0 Å². The first kappa shape index (κ1) is 16.0. The zero-order valence-electron chi connectivity index (χ0n) is 12.7. The van der Waals surface area contributed by atoms with Crippen molar-refractivity contribution in [1.29, 1.82) is 0 Å². The van der Waals surface area contributed by atoms with Crippen LogP contribution in [0.4, 0.5) is 0 Å². The Kier molecular flexibility index (Phi) is 6.06. The predicted octanol–water partition coefficient (Wildman–Crippen LogP) is 4.35. The van der Waals surface area contributed by atoms with Gasteiger partial charge in [-0.05, 0) is 55.8 Å². The van der Waals surface area contributed by atoms with Crippen molar-refractivity contribution in [3.05, 3.63) is 34.3 Å². The maximum atomic E-state index is 6.33. The summed E-state index contributed by atoms with van der Waals surface area (Å²) in [6, 6.07) is 9.41. The van der Waals surface area contributed by atoms with E-state index >= 15 is 0 Å². The summed E-state index contributed by atoms with van der Waals surface area (Å²) in [6.45, 7) is 6.97. The Morgan fingerprint density at radius 3 is 2.30 bits per heavy atom. The Hall–Kier alpha value is -0.380. The minimum atomic E-state index is 0.156. The number of nitrogens with two attached hydrogens (primary N) is 1. The number of hydrogen-bond acceptors (Lipinski definition) is 2. The highest BCUT2D eigenvalue weighted by Crippen LogP contribution is 2.28. The van der Waals surface area contributed by atoms with Crippen molar-refractivity contribution in [1.82, 2.24) is 4.90 Å². The van der Waals surface area contributed by atoms with Crippen molar-refractivity contribution in [3.63, 3.8) is 0 Å². The lowest BCUT2D eigenvalue weighted by atomic mass is 10.0. The van der Waals surface area contributed by atoms with Crippen LogP contribution in [0.2, 0.25) is 0 Å². The highest BCUT2D eigenvalue weighted by atomic mass is 79.9. The second kappa shape index (κ2) is 7.58. The van der Waals surface area contributed by atoms with Crippen molar-refractivity contribution < 1.29 is 0 Å². The smallest absolute Gasteiger partial charge is 0.0307 e. The van der Waals surface area contributed by atoms with Crippen LogP contribution < -0.4 is 5.73 Å². The molecule has 2 rings (SSSR count). The predicted molar refractivity (Wildman–Crippen MR) is 89.7 cm³/mol. The SMILES string of the molecule is CC(C)CCN(CCC(N)c1ccc(Br)cc1)C1CC1. The lowest BCUT2D eigenvalue weighted by Gasteiger charge is -2.24. The topological polar surface area (TPSA) is 29.3 Å². The molecule has 1 atom stereocenters. The maximum absolute atomic E-state index is 6.33. The van der Waals surface area contributed by atoms with Crippen molar-refractivity contribution in [2.24, 2.45) is 11.7 Å². The summed E-state index contributed by atoms with van der Waals surface area (Å²) < 4.78 is 1.12. The lowest BCUT2D eigenvalue weighted by Crippen LogP contribution is -2.31. The van der Waals surface area contributed by atoms with Crippen molar-refractivity contribution in [3.8, 4) is 0 Å². The molecule has 0 amide bonds. The van der Waals surface area contributed by atoms with Gasteiger partial charge in [-0.2, -0.15) is 0 Å². The third-order valence-electron chi connectivity index (χ3n) is 4.08. The van der Waals surface area contributed by atoms with Gasteiger partial charge in [0, 0.05) is 23.1 Å². The fourth-order valence-corrected chi connectivity index (χ4v) is 2.79. The van der Waals surface area contributed by atoms with E-state index in [2.05, 4.69) is 58.9 Å². The molecule has 1 aromatic carbocycles. The van der Waals surface area contributed by atoms with Crippen molar-refractivity contribution in [2.45, 2.75) is 51.6 Å². The molecule has 1 fully saturated rings. The molecule has 1 saturated carbocycles. The van der Waals surface area contributed by atoms with E-state index in [1.54, 1.807) is 0 Å². The van der Waals surface area contributed by atoms with E-state index in [1.165, 1.54) is 31.4 Å². The molecule has 1 unspecified atom stereocenters. The average molecular weight is 339 g/mol. The number of halogens is 1. The van der Waals surface area contributed by atoms with Crippen LogP contribution >= 0.6 is 15.9 Å². The Bertz CT molecular complexity index is 398. The minimum absolute atomic E-state index is 0.156. The van der Waals surface area contributed by atoms with E-state index in [1.807, 2.05) is 0 Å². The van der Waals surface area contributed by atoms with Gasteiger partial charge in [0.15, 0.2) is 0 Å². The molecule has 1 aliphatic carbocycles. The fraction of sp³-hybridized carbons (Fsp3) is 0.647. The van der Waals surface area contributed by atoms with Crippen molar-refractivity contribution in [2.75, 3.05) is 13.1 Å². The van der Waals surface area contributed by atoms with Crippen LogP contribution in [0.15, 0.2) is 28.7 Å². The van der Waals surface area contributed by atoms with E-state index in [4.69, 9.17) is 5.73 Å². The Morgan fingerprint density at radius 1 is 1.15 bits per heavy atom. The molecule has 0 aliphatic heterocycles. The van der Waals surface area contributed by atoms with Crippen LogP contribution in [0.5, 0.6) is 0 Å². The summed E-state index contributed by atoms with van der Waals surface area (Å²) in [5, 5.41) is 0. The zero-order valence-corrected chi connectivity index (χ0v) is 14.3. The molecule has 1 aliphatic rings. The number of nitrogens with zero attached hydrogens (tertiary/aromatic N) is 1. The largest absolute Gasteiger partial charge is 0.324 e. The van der Waals surface area contributed by atoms with Crippen LogP contribution in [-0.2, 0) is 0 Å². The summed E-state index contributed by atoms with van der Waals surface area (Å²) in [5.41, 5.74) is 7.57. The Morgan fingerprint density at radius 2 is 1.75 bits per heavy atom. The highest BCUT2D eigenvalue weighted by molar-refractivity contribution is 9.10. The van der Waals surface area contributed by atoms with Crippen LogP contribution in [0, 0.1) is 5.92 Å². The molecule has 3 heteroatoms. The fourth-order valence-electron chi connectivity index (χ4n) is 2.52. The summed E-state index contributed by atoms with van der Waals surface area (Å²) in [6.07, 6.45) is 5.11. The second-order valence-corrected chi connectivity index (χ2v) is 7.31. The maximum Gasteiger partial charge on any atom is 0.0307 e. The first-order chi connectivity index (χ1) is 9.56. The summed E-state index contributed by atoms with van der Waals surface area (Å²) in [7, 11) is 0. The van der Waals surface area contributed by atoms with Gasteiger partial charge in [-0.25, -0.2) is 0 Å². The average Bonchev–Trinajstić information content (AvgIpc) is 3.23. The van der Waals surface area contributed by atoms with Gasteiger partial charge in [0.05, 0.1) is 0 Å². The number of hydrogen-bond donors (Lipinski definition) is 1. The Labute approximate surface area is 131 Å². The quantitative estimate of drug-likeness (QED) is 0.763. The molecule has 20 heavy (non-hydrogen) atoms. The van der Waals surface area contributed by atoms with Gasteiger partial charge < -0.3 is 10.6 Å². The molecule has 2 nitrogen and oxygen atoms in total. The molecular formula is C17H27BrN2. The first-order valence-corrected chi connectivity index (χ1v) is 8.60. The molecule has 0 saturated heterocycles. The van der Waals surface area contributed by atoms with Gasteiger partial charge >= 0.3 is 0 Å². The molecule has 0 heterocycles. The van der Waals surface area contributed by atoms with Gasteiger partial charge in [-0.1, -0.05) is 41.9 Å². The van der Waals surface area contributed by atoms with Crippen LogP contribution in [0.25, 0.3) is 0 Å². The number of benzene rings is 1. The van der Waals surface area contributed by atoms with Gasteiger partial charge in [0.25, 0.3) is 0 Å². The first-order valence-electron chi connectivity index (χ1n) is 7.81. The van der Waals surface area contributed by atoms with E-state index in [-0.39, 0.29) is 6.04 Å². The van der Waals surface area contributed by atoms with Gasteiger partial charge in [-0.15, -0.1) is 0 Å². The third-order valence-corrected chi connectivity index (χ3v) is 4.61. The van der Waals surface area contributed by atoms with E-state index < -0.39 is 0 Å². The molecule has 0 bridgehead atoms. The van der Waals surface area contributed by atoms with Crippen molar-refractivity contribution >= 4 is 15.9 Å². The molecule has 0 aromatic heterocycles.